The number of aliphatic hydroxyl groups is 1. The molecule has 0 saturated carbocycles. The molecule has 1 aromatic heterocycles. The third-order valence-electron chi connectivity index (χ3n) is 2.30. The van der Waals surface area contributed by atoms with Gasteiger partial charge in [-0.1, -0.05) is 23.4 Å². The lowest BCUT2D eigenvalue weighted by molar-refractivity contribution is 0.103. The smallest absolute Gasteiger partial charge is 0.265 e. The largest absolute Gasteiger partial charge is 0.384 e. The van der Waals surface area contributed by atoms with Crippen LogP contribution in [0.1, 0.15) is 14.5 Å². The molecule has 0 radical (unpaired) electrons. The van der Waals surface area contributed by atoms with Crippen molar-refractivity contribution in [2.24, 2.45) is 0 Å². The fourth-order valence-electron chi connectivity index (χ4n) is 1.42. The summed E-state index contributed by atoms with van der Waals surface area (Å²) in [5.41, 5.74) is 0.415. The molecule has 20 heavy (non-hydrogen) atoms. The highest BCUT2D eigenvalue weighted by Gasteiger charge is 2.10. The maximum atomic E-state index is 13.0. The van der Waals surface area contributed by atoms with E-state index in [4.69, 9.17) is 16.7 Å². The number of rotatable bonds is 2. The Morgan fingerprint density at radius 3 is 2.90 bits per heavy atom. The van der Waals surface area contributed by atoms with Gasteiger partial charge >= 0.3 is 0 Å². The minimum atomic E-state index is -0.539. The zero-order valence-electron chi connectivity index (χ0n) is 10.1. The molecule has 6 heteroatoms. The molecule has 102 valence electrons. The minimum Gasteiger partial charge on any atom is -0.384 e. The third-order valence-corrected chi connectivity index (χ3v) is 3.59. The normalized spacial score (nSPS) is 9.75. The van der Waals surface area contributed by atoms with Gasteiger partial charge in [0.05, 0.1) is 14.8 Å². The maximum absolute atomic E-state index is 13.0. The van der Waals surface area contributed by atoms with Gasteiger partial charge in [-0.15, -0.1) is 11.3 Å². The van der Waals surface area contributed by atoms with E-state index in [9.17, 15) is 9.18 Å². The van der Waals surface area contributed by atoms with Crippen molar-refractivity contribution in [2.75, 3.05) is 11.9 Å². The molecule has 1 amide bonds. The van der Waals surface area contributed by atoms with Crippen molar-refractivity contribution in [3.05, 3.63) is 50.9 Å². The van der Waals surface area contributed by atoms with Crippen LogP contribution in [0.15, 0.2) is 30.3 Å². The Hall–Kier alpha value is -1.87. The average molecular weight is 310 g/mol. The number of carbonyl (C=O) groups is 1. The maximum Gasteiger partial charge on any atom is 0.265 e. The highest BCUT2D eigenvalue weighted by atomic mass is 35.5. The van der Waals surface area contributed by atoms with Crippen molar-refractivity contribution in [2.45, 2.75) is 0 Å². The molecule has 2 N–H and O–H groups in total. The van der Waals surface area contributed by atoms with Crippen LogP contribution in [0.4, 0.5) is 10.1 Å². The van der Waals surface area contributed by atoms with Crippen molar-refractivity contribution in [3.8, 4) is 11.8 Å². The fourth-order valence-corrected chi connectivity index (χ4v) is 2.38. The number of halogens is 2. The van der Waals surface area contributed by atoms with Gasteiger partial charge in [-0.05, 0) is 30.3 Å². The molecule has 0 fully saturated rings. The van der Waals surface area contributed by atoms with E-state index in [1.807, 2.05) is 0 Å². The summed E-state index contributed by atoms with van der Waals surface area (Å²) in [6.07, 6.45) is 0. The first kappa shape index (κ1) is 14.5. The Morgan fingerprint density at radius 2 is 2.20 bits per heavy atom. The lowest BCUT2D eigenvalue weighted by Crippen LogP contribution is -2.10. The monoisotopic (exact) mass is 309 g/mol. The molecule has 0 aliphatic carbocycles. The molecule has 0 saturated heterocycles. The van der Waals surface area contributed by atoms with Crippen LogP contribution in [-0.4, -0.2) is 17.6 Å². The molecule has 0 atom stereocenters. The number of thiophene rings is 1. The van der Waals surface area contributed by atoms with E-state index in [0.717, 1.165) is 0 Å². The summed E-state index contributed by atoms with van der Waals surface area (Å²) in [7, 11) is 0. The first-order valence-electron chi connectivity index (χ1n) is 5.56. The molecule has 1 heterocycles. The lowest BCUT2D eigenvalue weighted by atomic mass is 10.3. The third kappa shape index (κ3) is 3.58. The van der Waals surface area contributed by atoms with Crippen molar-refractivity contribution < 1.29 is 14.3 Å². The van der Waals surface area contributed by atoms with E-state index in [1.54, 1.807) is 12.1 Å². The molecule has 2 rings (SSSR count). The summed E-state index contributed by atoms with van der Waals surface area (Å²) >= 11 is 6.84. The zero-order valence-corrected chi connectivity index (χ0v) is 11.7. The van der Waals surface area contributed by atoms with Crippen LogP contribution >= 0.6 is 22.9 Å². The summed E-state index contributed by atoms with van der Waals surface area (Å²) in [6, 6.07) is 7.28. The lowest BCUT2D eigenvalue weighted by Gasteiger charge is -2.04. The number of benzene rings is 1. The van der Waals surface area contributed by atoms with Crippen molar-refractivity contribution in [3.63, 3.8) is 0 Å². The predicted molar refractivity (Wildman–Crippen MR) is 77.6 cm³/mol. The van der Waals surface area contributed by atoms with Gasteiger partial charge < -0.3 is 10.4 Å². The van der Waals surface area contributed by atoms with Crippen LogP contribution in [0.2, 0.25) is 5.02 Å². The Morgan fingerprint density at radius 1 is 1.40 bits per heavy atom. The summed E-state index contributed by atoms with van der Waals surface area (Å²) in [5, 5.41) is 11.2. The fraction of sp³-hybridized carbons (Fsp3) is 0.0714. The quantitative estimate of drug-likeness (QED) is 0.837. The van der Waals surface area contributed by atoms with E-state index in [2.05, 4.69) is 17.2 Å². The second-order valence-electron chi connectivity index (χ2n) is 3.71. The first-order chi connectivity index (χ1) is 9.60. The minimum absolute atomic E-state index is 0.0523. The van der Waals surface area contributed by atoms with E-state index >= 15 is 0 Å². The standard InChI is InChI=1S/C14H9ClFNO2S/c15-11-8-9(3-5-12(11)16)17-14(19)13-6-4-10(20-13)2-1-7-18/h3-6,8,18H,7H2,(H,17,19). The highest BCUT2D eigenvalue weighted by molar-refractivity contribution is 7.14. The number of anilines is 1. The second kappa shape index (κ2) is 6.53. The molecule has 0 unspecified atom stereocenters. The van der Waals surface area contributed by atoms with Gasteiger partial charge in [0, 0.05) is 5.69 Å². The molecule has 3 nitrogen and oxygen atoms in total. The Bertz CT molecular complexity index is 703. The molecule has 2 aromatic rings. The second-order valence-corrected chi connectivity index (χ2v) is 5.20. The topological polar surface area (TPSA) is 49.3 Å². The van der Waals surface area contributed by atoms with Crippen LogP contribution in [0, 0.1) is 17.7 Å². The average Bonchev–Trinajstić information content (AvgIpc) is 2.89. The molecule has 1 aromatic carbocycles. The molecule has 0 aliphatic rings. The molecule has 0 bridgehead atoms. The van der Waals surface area contributed by atoms with E-state index in [1.165, 1.54) is 29.5 Å². The van der Waals surface area contributed by atoms with Crippen LogP contribution in [0.25, 0.3) is 0 Å². The Kier molecular flexibility index (Phi) is 4.74. The summed E-state index contributed by atoms with van der Waals surface area (Å²) in [4.78, 5) is 13.1. The van der Waals surface area contributed by atoms with Crippen LogP contribution in [-0.2, 0) is 0 Å². The van der Waals surface area contributed by atoms with Gasteiger partial charge in [-0.3, -0.25) is 4.79 Å². The van der Waals surface area contributed by atoms with E-state index in [-0.39, 0.29) is 17.5 Å². The highest BCUT2D eigenvalue weighted by Crippen LogP contribution is 2.21. The van der Waals surface area contributed by atoms with Gasteiger partial charge in [-0.25, -0.2) is 4.39 Å². The number of hydrogen-bond donors (Lipinski definition) is 2. The Balaban J connectivity index is 2.11. The number of carbonyl (C=O) groups excluding carboxylic acids is 1. The van der Waals surface area contributed by atoms with Gasteiger partial charge in [0.1, 0.15) is 12.4 Å². The zero-order chi connectivity index (χ0) is 14.5. The molecule has 0 aliphatic heterocycles. The van der Waals surface area contributed by atoms with Crippen molar-refractivity contribution in [1.82, 2.24) is 0 Å². The van der Waals surface area contributed by atoms with Gasteiger partial charge in [0.15, 0.2) is 0 Å². The summed E-state index contributed by atoms with van der Waals surface area (Å²) in [6.45, 7) is -0.229. The summed E-state index contributed by atoms with van der Waals surface area (Å²) < 4.78 is 13.0. The molecular weight excluding hydrogens is 301 g/mol. The van der Waals surface area contributed by atoms with Crippen molar-refractivity contribution >= 4 is 34.5 Å². The van der Waals surface area contributed by atoms with Gasteiger partial charge in [-0.2, -0.15) is 0 Å². The Labute approximate surface area is 124 Å². The molecular formula is C14H9ClFNO2S. The number of nitrogens with one attached hydrogen (secondary N) is 1. The first-order valence-corrected chi connectivity index (χ1v) is 6.75. The van der Waals surface area contributed by atoms with E-state index in [0.29, 0.717) is 15.4 Å². The SMILES string of the molecule is O=C(Nc1ccc(F)c(Cl)c1)c1ccc(C#CCO)s1. The predicted octanol–water partition coefficient (Wildman–Crippen LogP) is 3.14. The van der Waals surface area contributed by atoms with Crippen LogP contribution < -0.4 is 5.32 Å². The van der Waals surface area contributed by atoms with Crippen LogP contribution in [0.5, 0.6) is 0 Å². The molecule has 0 spiro atoms. The van der Waals surface area contributed by atoms with Gasteiger partial charge in [0.25, 0.3) is 5.91 Å². The van der Waals surface area contributed by atoms with E-state index < -0.39 is 5.82 Å². The van der Waals surface area contributed by atoms with Crippen LogP contribution in [0.3, 0.4) is 0 Å². The number of hydrogen-bond acceptors (Lipinski definition) is 3. The summed E-state index contributed by atoms with van der Waals surface area (Å²) in [5.74, 6) is 4.36. The van der Waals surface area contributed by atoms with Gasteiger partial charge in [0.2, 0.25) is 0 Å². The number of aliphatic hydroxyl groups excluding tert-OH is 1. The number of amides is 1. The van der Waals surface area contributed by atoms with Crippen molar-refractivity contribution in [1.29, 1.82) is 0 Å².